The number of pyridine rings is 2. The Morgan fingerprint density at radius 3 is 2.35 bits per heavy atom. The van der Waals surface area contributed by atoms with Crippen LogP contribution < -0.4 is 26.2 Å². The number of nitrogens with two attached hydrogens (primary N) is 1. The minimum absolute atomic E-state index is 0.175. The monoisotopic (exact) mass is 521 g/mol. The van der Waals surface area contributed by atoms with E-state index in [0.717, 1.165) is 59.9 Å². The number of aromatic amines is 1. The van der Waals surface area contributed by atoms with Crippen molar-refractivity contribution in [3.8, 4) is 0 Å². The Labute approximate surface area is 217 Å². The molecule has 0 amide bonds. The first-order chi connectivity index (χ1) is 17.8. The molecule has 1 aliphatic heterocycles. The van der Waals surface area contributed by atoms with Crippen molar-refractivity contribution in [1.29, 1.82) is 0 Å². The van der Waals surface area contributed by atoms with Gasteiger partial charge >= 0.3 is 0 Å². The van der Waals surface area contributed by atoms with Crippen molar-refractivity contribution in [2.24, 2.45) is 5.14 Å². The first-order valence-electron chi connectivity index (χ1n) is 11.7. The molecule has 2 aromatic carbocycles. The van der Waals surface area contributed by atoms with Crippen molar-refractivity contribution in [3.05, 3.63) is 82.3 Å². The average molecular weight is 522 g/mol. The van der Waals surface area contributed by atoms with Gasteiger partial charge in [0.1, 0.15) is 11.6 Å². The van der Waals surface area contributed by atoms with Crippen LogP contribution in [0.1, 0.15) is 11.1 Å². The molecule has 1 saturated heterocycles. The topological polar surface area (TPSA) is 148 Å². The van der Waals surface area contributed by atoms with Crippen LogP contribution in [0.15, 0.2) is 65.6 Å². The molecule has 2 aromatic heterocycles. The van der Waals surface area contributed by atoms with Crippen molar-refractivity contribution < 1.29 is 13.5 Å². The molecule has 0 bridgehead atoms. The lowest BCUT2D eigenvalue weighted by Gasteiger charge is -2.28. The zero-order valence-corrected chi connectivity index (χ0v) is 21.4. The number of H-pyrrole nitrogens is 1. The van der Waals surface area contributed by atoms with Crippen molar-refractivity contribution >= 4 is 50.7 Å². The average Bonchev–Trinajstić information content (AvgIpc) is 2.87. The van der Waals surface area contributed by atoms with Gasteiger partial charge in [-0.2, -0.15) is 0 Å². The quantitative estimate of drug-likeness (QED) is 0.291. The Hall–Kier alpha value is -3.77. The fraction of sp³-hybridized carbons (Fsp3) is 0.231. The van der Waals surface area contributed by atoms with Gasteiger partial charge in [0.25, 0.3) is 5.56 Å². The molecule has 1 fully saturated rings. The number of hydrogen-bond donors (Lipinski definition) is 4. The molecule has 0 radical (unpaired) electrons. The first-order valence-corrected chi connectivity index (χ1v) is 12.8. The normalized spacial score (nSPS) is 14.0. The maximum absolute atomic E-state index is 12.7. The highest BCUT2D eigenvalue weighted by Crippen LogP contribution is 2.29. The third kappa shape index (κ3) is 6.71. The van der Waals surface area contributed by atoms with Crippen LogP contribution in [0.4, 0.5) is 28.7 Å². The number of hydrogen-bond acceptors (Lipinski definition) is 8. The van der Waals surface area contributed by atoms with E-state index in [1.807, 2.05) is 30.3 Å². The number of anilines is 5. The van der Waals surface area contributed by atoms with Crippen LogP contribution >= 0.6 is 0 Å². The van der Waals surface area contributed by atoms with Crippen LogP contribution in [0.3, 0.4) is 0 Å². The number of aryl methyl sites for hydroxylation is 2. The van der Waals surface area contributed by atoms with Crippen LogP contribution in [-0.4, -0.2) is 45.0 Å². The van der Waals surface area contributed by atoms with E-state index in [-0.39, 0.29) is 5.56 Å². The highest BCUT2D eigenvalue weighted by Gasteiger charge is 2.13. The smallest absolute Gasteiger partial charge is 0.259 e. The van der Waals surface area contributed by atoms with Crippen LogP contribution in [0.2, 0.25) is 0 Å². The minimum atomic E-state index is -2.36. The second kappa shape index (κ2) is 12.0. The Kier molecular flexibility index (Phi) is 8.51. The van der Waals surface area contributed by atoms with Crippen molar-refractivity contribution in [2.75, 3.05) is 41.8 Å². The second-order valence-corrected chi connectivity index (χ2v) is 9.07. The van der Waals surface area contributed by atoms with E-state index in [4.69, 9.17) is 18.5 Å². The molecule has 0 saturated carbocycles. The van der Waals surface area contributed by atoms with Gasteiger partial charge in [-0.1, -0.05) is 18.2 Å². The van der Waals surface area contributed by atoms with Crippen molar-refractivity contribution in [2.45, 2.75) is 13.8 Å². The Morgan fingerprint density at radius 1 is 1.05 bits per heavy atom. The summed E-state index contributed by atoms with van der Waals surface area (Å²) in [6, 6.07) is 18.2. The highest BCUT2D eigenvalue weighted by atomic mass is 32.2. The molecule has 1 aliphatic rings. The van der Waals surface area contributed by atoms with E-state index in [9.17, 15) is 4.79 Å². The van der Waals surface area contributed by atoms with Crippen LogP contribution in [-0.2, 0) is 16.0 Å². The van der Waals surface area contributed by atoms with Gasteiger partial charge in [0.15, 0.2) is 0 Å². The number of nitrogens with one attached hydrogen (secondary N) is 3. The predicted octanol–water partition coefficient (Wildman–Crippen LogP) is 3.60. The maximum atomic E-state index is 12.7. The van der Waals surface area contributed by atoms with Crippen molar-refractivity contribution in [1.82, 2.24) is 9.97 Å². The fourth-order valence-electron chi connectivity index (χ4n) is 4.22. The number of nitrogens with zero attached hydrogens (tertiary/aromatic N) is 2. The number of aromatic nitrogens is 2. The molecule has 11 heteroatoms. The third-order valence-electron chi connectivity index (χ3n) is 5.99. The molecule has 4 aromatic rings. The molecule has 3 heterocycles. The van der Waals surface area contributed by atoms with Crippen molar-refractivity contribution in [3.63, 3.8) is 0 Å². The molecule has 5 rings (SSSR count). The van der Waals surface area contributed by atoms with E-state index in [1.54, 1.807) is 6.20 Å². The van der Waals surface area contributed by atoms with E-state index in [2.05, 4.69) is 63.8 Å². The number of para-hydroxylation sites is 1. The van der Waals surface area contributed by atoms with Gasteiger partial charge < -0.3 is 29.8 Å². The number of ether oxygens (including phenoxy) is 1. The predicted molar refractivity (Wildman–Crippen MR) is 147 cm³/mol. The number of fused-ring (bicyclic) bond motifs is 1. The van der Waals surface area contributed by atoms with Crippen LogP contribution in [0, 0.1) is 13.8 Å². The Balaban J connectivity index is 0.000000747. The lowest BCUT2D eigenvalue weighted by atomic mass is 10.1. The summed E-state index contributed by atoms with van der Waals surface area (Å²) >= 11 is -2.36. The molecule has 1 unspecified atom stereocenters. The van der Waals surface area contributed by atoms with E-state index >= 15 is 0 Å². The van der Waals surface area contributed by atoms with E-state index < -0.39 is 11.3 Å². The molecule has 194 valence electrons. The van der Waals surface area contributed by atoms with Gasteiger partial charge in [-0.15, -0.1) is 0 Å². The summed E-state index contributed by atoms with van der Waals surface area (Å²) in [6.07, 6.45) is 1.66. The molecule has 37 heavy (non-hydrogen) atoms. The summed E-state index contributed by atoms with van der Waals surface area (Å²) in [5.41, 5.74) is 5.14. The van der Waals surface area contributed by atoms with Gasteiger partial charge in [0.05, 0.1) is 18.6 Å². The summed E-state index contributed by atoms with van der Waals surface area (Å²) in [4.78, 5) is 22.5. The van der Waals surface area contributed by atoms with Gasteiger partial charge in [-0.3, -0.25) is 14.1 Å². The van der Waals surface area contributed by atoms with Gasteiger partial charge in [0.2, 0.25) is 0 Å². The van der Waals surface area contributed by atoms with Crippen LogP contribution in [0.25, 0.3) is 10.8 Å². The highest BCUT2D eigenvalue weighted by molar-refractivity contribution is 7.76. The number of benzene rings is 2. The summed E-state index contributed by atoms with van der Waals surface area (Å²) in [6.45, 7) is 7.41. The SMILES string of the molecule is Cc1cccc(C)c1Nc1cc2cc[nH]c(=O)c2c(Nc2ccc(N3CCOCC3)cc2)n1.NS(=O)[O-]. The molecule has 5 N–H and O–H groups in total. The molecule has 10 nitrogen and oxygen atoms in total. The second-order valence-electron chi connectivity index (χ2n) is 8.55. The Bertz CT molecular complexity index is 1430. The largest absolute Gasteiger partial charge is 0.760 e. The first kappa shape index (κ1) is 26.3. The molecule has 1 atom stereocenters. The standard InChI is InChI=1S/C26H27N5O2.H3NO2S/c1-17-4-3-5-18(2)24(17)29-22-16-19-10-11-27-26(32)23(19)25(30-22)28-20-6-8-21(9-7-20)31-12-14-33-15-13-31;1-4(2)3/h3-11,16H,12-15H2,1-2H3,(H,27,32)(H2,28,29,30);1H2,(H,2,3)/p-1. The minimum Gasteiger partial charge on any atom is -0.760 e. The van der Waals surface area contributed by atoms with Crippen LogP contribution in [0.5, 0.6) is 0 Å². The molecular formula is C26H29N6O4S-. The number of morpholine rings is 1. The van der Waals surface area contributed by atoms with Gasteiger partial charge in [-0.05, 0) is 66.8 Å². The zero-order chi connectivity index (χ0) is 26.4. The zero-order valence-electron chi connectivity index (χ0n) is 20.6. The molecule has 0 spiro atoms. The fourth-order valence-corrected chi connectivity index (χ4v) is 4.22. The maximum Gasteiger partial charge on any atom is 0.259 e. The summed E-state index contributed by atoms with van der Waals surface area (Å²) in [7, 11) is 0. The molecule has 0 aliphatic carbocycles. The van der Waals surface area contributed by atoms with E-state index in [0.29, 0.717) is 17.0 Å². The van der Waals surface area contributed by atoms with E-state index in [1.165, 1.54) is 0 Å². The lowest BCUT2D eigenvalue weighted by molar-refractivity contribution is 0.122. The summed E-state index contributed by atoms with van der Waals surface area (Å²) in [5.74, 6) is 1.19. The van der Waals surface area contributed by atoms with Gasteiger partial charge in [0, 0.05) is 47.6 Å². The summed E-state index contributed by atoms with van der Waals surface area (Å²) in [5, 5.41) is 12.2. The Morgan fingerprint density at radius 2 is 1.70 bits per heavy atom. The molecular weight excluding hydrogens is 492 g/mol. The lowest BCUT2D eigenvalue weighted by Crippen LogP contribution is -2.36. The third-order valence-corrected chi connectivity index (χ3v) is 5.99. The number of rotatable bonds is 5. The van der Waals surface area contributed by atoms with Gasteiger partial charge in [-0.25, -0.2) is 4.98 Å². The summed E-state index contributed by atoms with van der Waals surface area (Å²) < 4.78 is 23.0.